The van der Waals surface area contributed by atoms with E-state index in [0.717, 1.165) is 30.0 Å². The van der Waals surface area contributed by atoms with Crippen molar-refractivity contribution >= 4 is 28.4 Å². The third-order valence-electron chi connectivity index (χ3n) is 7.06. The Kier molecular flexibility index (Phi) is 8.29. The lowest BCUT2D eigenvalue weighted by Crippen LogP contribution is -2.36. The number of nitrogens with one attached hydrogen (secondary N) is 2. The molecule has 1 heterocycles. The van der Waals surface area contributed by atoms with Crippen molar-refractivity contribution in [1.29, 1.82) is 0 Å². The van der Waals surface area contributed by atoms with E-state index in [0.29, 0.717) is 51.9 Å². The molecule has 196 valence electrons. The van der Waals surface area contributed by atoms with E-state index in [4.69, 9.17) is 16.5 Å². The summed E-state index contributed by atoms with van der Waals surface area (Å²) in [4.78, 5) is 10.8. The van der Waals surface area contributed by atoms with E-state index in [1.165, 1.54) is 24.6 Å². The average molecular weight is 515 g/mol. The van der Waals surface area contributed by atoms with Crippen LogP contribution in [0.5, 0.6) is 0 Å². The maximum Gasteiger partial charge on any atom is 0.224 e. The second kappa shape index (κ2) is 11.2. The number of aromatic nitrogens is 2. The highest BCUT2D eigenvalue weighted by atomic mass is 32.2. The number of hydrogen-bond acceptors (Lipinski definition) is 10. The fourth-order valence-corrected chi connectivity index (χ4v) is 5.42. The van der Waals surface area contributed by atoms with Gasteiger partial charge < -0.3 is 37.4 Å². The Hall–Kier alpha value is -2.53. The summed E-state index contributed by atoms with van der Waals surface area (Å²) in [7, 11) is 0. The Labute approximate surface area is 216 Å². The maximum atomic E-state index is 10.6. The van der Waals surface area contributed by atoms with Crippen LogP contribution in [0, 0.1) is 24.7 Å². The number of allylic oxidation sites excluding steroid dienone is 3. The summed E-state index contributed by atoms with van der Waals surface area (Å²) in [6, 6.07) is -0.488. The highest BCUT2D eigenvalue weighted by Crippen LogP contribution is 2.42. The first kappa shape index (κ1) is 26.5. The molecule has 9 nitrogen and oxygen atoms in total. The third-order valence-corrected chi connectivity index (χ3v) is 8.08. The zero-order chi connectivity index (χ0) is 26.0. The smallest absolute Gasteiger partial charge is 0.224 e. The minimum absolute atomic E-state index is 0.202. The Morgan fingerprint density at radius 2 is 1.89 bits per heavy atom. The first-order chi connectivity index (χ1) is 17.2. The molecule has 1 aromatic rings. The van der Waals surface area contributed by atoms with Crippen LogP contribution in [0.25, 0.3) is 4.91 Å². The van der Waals surface area contributed by atoms with Crippen LogP contribution in [0.2, 0.25) is 0 Å². The number of hydrogen-bond donors (Lipinski definition) is 7. The van der Waals surface area contributed by atoms with Gasteiger partial charge in [0.1, 0.15) is 11.9 Å². The summed E-state index contributed by atoms with van der Waals surface area (Å²) in [6.07, 6.45) is 6.40. The Bertz CT molecular complexity index is 1070. The van der Waals surface area contributed by atoms with E-state index in [2.05, 4.69) is 28.8 Å². The molecule has 3 aliphatic carbocycles. The summed E-state index contributed by atoms with van der Waals surface area (Å²) < 4.78 is 0. The van der Waals surface area contributed by atoms with Crippen LogP contribution in [0.1, 0.15) is 43.4 Å². The first-order valence-corrected chi connectivity index (χ1v) is 13.4. The second-order valence-electron chi connectivity index (χ2n) is 10.1. The maximum absolute atomic E-state index is 10.6. The van der Waals surface area contributed by atoms with E-state index in [9.17, 15) is 15.3 Å². The lowest BCUT2D eigenvalue weighted by atomic mass is 10.1. The van der Waals surface area contributed by atoms with Crippen molar-refractivity contribution in [3.8, 4) is 0 Å². The number of nitrogens with zero attached hydrogens (tertiary/aromatic N) is 2. The topological polar surface area (TPSA) is 163 Å². The van der Waals surface area contributed by atoms with Gasteiger partial charge in [-0.2, -0.15) is 4.98 Å². The van der Waals surface area contributed by atoms with Crippen molar-refractivity contribution in [1.82, 2.24) is 9.97 Å². The van der Waals surface area contributed by atoms with E-state index < -0.39 is 24.2 Å². The van der Waals surface area contributed by atoms with Crippen molar-refractivity contribution in [3.63, 3.8) is 0 Å². The van der Waals surface area contributed by atoms with Crippen LogP contribution in [0.4, 0.5) is 11.8 Å². The van der Waals surface area contributed by atoms with Crippen LogP contribution >= 0.6 is 11.8 Å². The monoisotopic (exact) mass is 514 g/mol. The predicted molar refractivity (Wildman–Crippen MR) is 146 cm³/mol. The number of aliphatic hydroxyl groups is 3. The van der Waals surface area contributed by atoms with Crippen LogP contribution in [0.15, 0.2) is 41.6 Å². The van der Waals surface area contributed by atoms with Crippen LogP contribution < -0.4 is 22.1 Å². The van der Waals surface area contributed by atoms with Gasteiger partial charge in [-0.05, 0) is 63.0 Å². The predicted octanol–water partition coefficient (Wildman–Crippen LogP) is 2.43. The summed E-state index contributed by atoms with van der Waals surface area (Å²) >= 11 is 1.37. The van der Waals surface area contributed by atoms with Crippen LogP contribution in [0.3, 0.4) is 0 Å². The molecule has 0 unspecified atom stereocenters. The molecule has 0 amide bonds. The minimum Gasteiger partial charge on any atom is -0.402 e. The molecule has 3 saturated carbocycles. The van der Waals surface area contributed by atoms with Gasteiger partial charge in [0, 0.05) is 40.3 Å². The number of thioether (sulfide) groups is 1. The molecule has 0 saturated heterocycles. The average Bonchev–Trinajstić information content (AvgIpc) is 3.76. The number of aryl methyl sites for hydroxylation is 1. The minimum atomic E-state index is -1.04. The fourth-order valence-electron chi connectivity index (χ4n) is 4.41. The van der Waals surface area contributed by atoms with Gasteiger partial charge in [-0.25, -0.2) is 4.98 Å². The van der Waals surface area contributed by atoms with Gasteiger partial charge in [0.25, 0.3) is 0 Å². The zero-order valence-electron chi connectivity index (χ0n) is 20.8. The van der Waals surface area contributed by atoms with Crippen molar-refractivity contribution in [3.05, 3.63) is 52.9 Å². The zero-order valence-corrected chi connectivity index (χ0v) is 21.6. The van der Waals surface area contributed by atoms with E-state index in [1.807, 2.05) is 13.0 Å². The molecule has 9 N–H and O–H groups in total. The van der Waals surface area contributed by atoms with Gasteiger partial charge in [-0.1, -0.05) is 24.9 Å². The molecule has 0 spiro atoms. The Morgan fingerprint density at radius 3 is 2.47 bits per heavy atom. The van der Waals surface area contributed by atoms with Crippen molar-refractivity contribution < 1.29 is 15.3 Å². The number of nitrogens with two attached hydrogens (primary N) is 2. The number of anilines is 2. The van der Waals surface area contributed by atoms with Crippen molar-refractivity contribution in [2.24, 2.45) is 29.2 Å². The van der Waals surface area contributed by atoms with Gasteiger partial charge in [0.05, 0.1) is 23.4 Å². The normalized spacial score (nSPS) is 26.9. The second-order valence-corrected chi connectivity index (χ2v) is 11.2. The number of rotatable bonds is 12. The van der Waals surface area contributed by atoms with Gasteiger partial charge in [-0.15, -0.1) is 0 Å². The van der Waals surface area contributed by atoms with E-state index >= 15 is 0 Å². The highest BCUT2D eigenvalue weighted by molar-refractivity contribution is 8.12. The molecule has 10 heteroatoms. The molecular weight excluding hydrogens is 476 g/mol. The third kappa shape index (κ3) is 6.23. The molecule has 3 fully saturated rings. The summed E-state index contributed by atoms with van der Waals surface area (Å²) in [5.74, 6) is 1.62. The molecular formula is C26H38N6O3S. The standard InChI is InChI=1S/C26H38N6O3S/c1-4-18(27)21(10-19(28)16-7-8-16)36-14(3)22-13(2)30-26(29-11-15-5-6-15)32-25(22)31-20-9-17(12-33)23(34)24(20)35/h4,10,15-17,20,23-24,33-35H,1,3,5-9,11-12,27-28H2,2H3,(H2,29,30,31,32)/b19-10-,21-18-/t17-,20-,23-,24+/m1/s1. The lowest BCUT2D eigenvalue weighted by molar-refractivity contribution is 0.00445. The lowest BCUT2D eigenvalue weighted by Gasteiger charge is -2.22. The Morgan fingerprint density at radius 1 is 1.17 bits per heavy atom. The number of aliphatic hydroxyl groups excluding tert-OH is 3. The van der Waals surface area contributed by atoms with E-state index in [1.54, 1.807) is 6.08 Å². The molecule has 4 atom stereocenters. The van der Waals surface area contributed by atoms with E-state index in [-0.39, 0.29) is 6.61 Å². The molecule has 1 aromatic heterocycles. The van der Waals surface area contributed by atoms with Gasteiger partial charge in [0.2, 0.25) is 5.95 Å². The molecule has 36 heavy (non-hydrogen) atoms. The fraction of sp³-hybridized carbons (Fsp3) is 0.538. The largest absolute Gasteiger partial charge is 0.402 e. The van der Waals surface area contributed by atoms with Gasteiger partial charge in [0.15, 0.2) is 0 Å². The quantitative estimate of drug-likeness (QED) is 0.206. The Balaban J connectivity index is 1.64. The summed E-state index contributed by atoms with van der Waals surface area (Å²) in [6.45, 7) is 10.6. The van der Waals surface area contributed by atoms with Crippen molar-refractivity contribution in [2.75, 3.05) is 23.8 Å². The molecule has 4 rings (SSSR count). The molecule has 0 radical (unpaired) electrons. The molecule has 0 aromatic carbocycles. The SMILES string of the molecule is C=C/C(N)=C(\C=C(/N)C1CC1)SC(=C)c1c(C)nc(NCC2CC2)nc1N[C@@H]1C[C@H](CO)[C@@H](O)[C@H]1O. The van der Waals surface area contributed by atoms with Gasteiger partial charge >= 0.3 is 0 Å². The molecule has 3 aliphatic rings. The summed E-state index contributed by atoms with van der Waals surface area (Å²) in [5, 5.41) is 37.2. The molecule has 0 aliphatic heterocycles. The van der Waals surface area contributed by atoms with Crippen LogP contribution in [-0.2, 0) is 0 Å². The van der Waals surface area contributed by atoms with Crippen molar-refractivity contribution in [2.45, 2.75) is 57.3 Å². The van der Waals surface area contributed by atoms with Gasteiger partial charge in [-0.3, -0.25) is 0 Å². The summed E-state index contributed by atoms with van der Waals surface area (Å²) in [5.41, 5.74) is 15.2. The first-order valence-electron chi connectivity index (χ1n) is 12.5. The molecule has 0 bridgehead atoms. The van der Waals surface area contributed by atoms with Crippen LogP contribution in [-0.4, -0.2) is 56.7 Å². The highest BCUT2D eigenvalue weighted by Gasteiger charge is 2.41.